The number of esters is 2. The number of carbonyl (C=O) groups is 2. The minimum Gasteiger partial charge on any atom is -0.462 e. The predicted octanol–water partition coefficient (Wildman–Crippen LogP) is 13.7. The summed E-state index contributed by atoms with van der Waals surface area (Å²) in [5.74, 6) is -1.79. The lowest BCUT2D eigenvalue weighted by atomic mass is 10.0. The first-order valence-electron chi connectivity index (χ1n) is 21.8. The van der Waals surface area contributed by atoms with Crippen LogP contribution in [0.2, 0.25) is 0 Å². The van der Waals surface area contributed by atoms with E-state index in [0.29, 0.717) is 12.8 Å². The number of unbranched alkanes of at least 4 members (excludes halogenated alkanes) is 28. The third kappa shape index (κ3) is 26.3. The van der Waals surface area contributed by atoms with Gasteiger partial charge in [-0.15, -0.1) is 0 Å². The second-order valence-corrected chi connectivity index (χ2v) is 13.4. The van der Waals surface area contributed by atoms with Crippen molar-refractivity contribution < 1.29 is 24.5 Å². The molecule has 1 aromatic carbocycles. The third-order valence-electron chi connectivity index (χ3n) is 9.00. The van der Waals surface area contributed by atoms with Gasteiger partial charge in [-0.05, 0) is 31.0 Å². The van der Waals surface area contributed by atoms with Crippen LogP contribution in [0.5, 0.6) is 0 Å². The molecule has 4 heteroatoms. The van der Waals surface area contributed by atoms with Gasteiger partial charge < -0.3 is 9.47 Å². The molecule has 46 heavy (non-hydrogen) atoms. The Morgan fingerprint density at radius 1 is 0.435 bits per heavy atom. The molecule has 0 saturated heterocycles. The average Bonchev–Trinajstić information content (AvgIpc) is 3.10. The zero-order chi connectivity index (χ0) is 36.7. The molecule has 0 aliphatic rings. The lowest BCUT2D eigenvalue weighted by Gasteiger charge is -2.08. The van der Waals surface area contributed by atoms with E-state index in [1.807, 2.05) is 0 Å². The fourth-order valence-electron chi connectivity index (χ4n) is 5.97. The molecule has 0 aliphatic carbocycles. The van der Waals surface area contributed by atoms with Gasteiger partial charge in [0, 0.05) is 0 Å². The van der Waals surface area contributed by atoms with Crippen LogP contribution < -0.4 is 0 Å². The maximum Gasteiger partial charge on any atom is 0.338 e. The summed E-state index contributed by atoms with van der Waals surface area (Å²) in [4.78, 5) is 25.7. The van der Waals surface area contributed by atoms with Crippen LogP contribution >= 0.6 is 0 Å². The second kappa shape index (κ2) is 33.1. The van der Waals surface area contributed by atoms with E-state index in [4.69, 9.17) is 15.0 Å². The second-order valence-electron chi connectivity index (χ2n) is 13.4. The quantitative estimate of drug-likeness (QED) is 0.0552. The molecule has 0 spiro atoms. The van der Waals surface area contributed by atoms with Gasteiger partial charge in [0.1, 0.15) is 0 Å². The van der Waals surface area contributed by atoms with Crippen LogP contribution in [-0.4, -0.2) is 25.2 Å². The minimum atomic E-state index is -0.893. The molecule has 0 N–H and O–H groups in total. The molecular weight excluding hydrogens is 568 g/mol. The van der Waals surface area contributed by atoms with Gasteiger partial charge in [0.05, 0.1) is 29.8 Å². The number of benzene rings is 1. The molecule has 0 unspecified atom stereocenters. The summed E-state index contributed by atoms with van der Waals surface area (Å²) in [5, 5.41) is 0. The van der Waals surface area contributed by atoms with E-state index in [1.54, 1.807) is 0 Å². The standard InChI is InChI=1S/C42H74O4/c1-3-5-7-9-11-13-15-17-19-21-23-25-27-29-31-36-45-41(43)39-34-33-35-40(38-39)42(44)46-37-32-30-28-26-24-22-20-18-16-14-12-10-8-6-4-2/h33-35,38H,3-32,36-37H2,1-2H3/i33D,34D,35D,38D. The van der Waals surface area contributed by atoms with Crippen molar-refractivity contribution in [1.29, 1.82) is 0 Å². The first kappa shape index (κ1) is 35.5. The molecule has 4 nitrogen and oxygen atoms in total. The van der Waals surface area contributed by atoms with Crippen molar-refractivity contribution in [2.75, 3.05) is 13.2 Å². The predicted molar refractivity (Wildman–Crippen MR) is 197 cm³/mol. The maximum atomic E-state index is 12.8. The van der Waals surface area contributed by atoms with Crippen LogP contribution in [0.15, 0.2) is 24.2 Å². The Balaban J connectivity index is 2.24. The number of rotatable bonds is 34. The molecule has 0 radical (unpaired) electrons. The fourth-order valence-corrected chi connectivity index (χ4v) is 5.97. The molecule has 0 bridgehead atoms. The highest BCUT2D eigenvalue weighted by molar-refractivity contribution is 5.95. The Morgan fingerprint density at radius 3 is 0.935 bits per heavy atom. The highest BCUT2D eigenvalue weighted by Crippen LogP contribution is 2.16. The maximum absolute atomic E-state index is 12.8. The lowest BCUT2D eigenvalue weighted by Crippen LogP contribution is -2.10. The molecule has 0 heterocycles. The van der Waals surface area contributed by atoms with Crippen LogP contribution in [0.3, 0.4) is 0 Å². The van der Waals surface area contributed by atoms with Crippen molar-refractivity contribution in [3.63, 3.8) is 0 Å². The van der Waals surface area contributed by atoms with E-state index in [-0.39, 0.29) is 13.2 Å². The molecule has 0 saturated carbocycles. The third-order valence-corrected chi connectivity index (χ3v) is 9.00. The van der Waals surface area contributed by atoms with Gasteiger partial charge in [-0.25, -0.2) is 9.59 Å². The fraction of sp³-hybridized carbons (Fsp3) is 0.810. The smallest absolute Gasteiger partial charge is 0.338 e. The molecule has 0 aliphatic heterocycles. The van der Waals surface area contributed by atoms with Crippen LogP contribution in [0.1, 0.15) is 233 Å². The van der Waals surface area contributed by atoms with Crippen LogP contribution in [-0.2, 0) is 9.47 Å². The van der Waals surface area contributed by atoms with Crippen molar-refractivity contribution >= 4 is 11.9 Å². The van der Waals surface area contributed by atoms with Crippen LogP contribution in [0.4, 0.5) is 0 Å². The van der Waals surface area contributed by atoms with Gasteiger partial charge in [0.2, 0.25) is 0 Å². The largest absolute Gasteiger partial charge is 0.462 e. The lowest BCUT2D eigenvalue weighted by molar-refractivity contribution is 0.0496. The van der Waals surface area contributed by atoms with Crippen molar-refractivity contribution in [3.8, 4) is 0 Å². The Bertz CT molecular complexity index is 941. The molecular formula is C42H74O4. The summed E-state index contributed by atoms with van der Waals surface area (Å²) < 4.78 is 43.7. The first-order chi connectivity index (χ1) is 24.4. The average molecular weight is 647 g/mol. The van der Waals surface area contributed by atoms with E-state index in [1.165, 1.54) is 141 Å². The summed E-state index contributed by atoms with van der Waals surface area (Å²) >= 11 is 0. The Hall–Kier alpha value is -1.84. The molecule has 1 rings (SSSR count). The summed E-state index contributed by atoms with van der Waals surface area (Å²) in [6, 6.07) is -2.24. The SMILES string of the molecule is [2H]c1c([2H])c(C(=O)OCCCCCCCCCCCCCCCCC)c([2H])c(C(=O)OCCCCCCCCCCCCCCCCC)c1[2H]. The van der Waals surface area contributed by atoms with Crippen molar-refractivity contribution in [3.05, 3.63) is 35.3 Å². The molecule has 0 fully saturated rings. The normalized spacial score (nSPS) is 12.4. The summed E-state index contributed by atoms with van der Waals surface area (Å²) in [5.41, 5.74) is -0.878. The Labute approximate surface area is 291 Å². The number of hydrogen-bond acceptors (Lipinski definition) is 4. The van der Waals surface area contributed by atoms with Gasteiger partial charge in [-0.1, -0.05) is 200 Å². The van der Waals surface area contributed by atoms with Crippen LogP contribution in [0.25, 0.3) is 0 Å². The molecule has 266 valence electrons. The molecule has 0 aromatic heterocycles. The van der Waals surface area contributed by atoms with E-state index in [9.17, 15) is 9.59 Å². The van der Waals surface area contributed by atoms with E-state index < -0.39 is 47.2 Å². The van der Waals surface area contributed by atoms with Gasteiger partial charge in [0.15, 0.2) is 0 Å². The number of ether oxygens (including phenoxy) is 2. The summed E-state index contributed by atoms with van der Waals surface area (Å²) in [6.45, 7) is 4.83. The van der Waals surface area contributed by atoms with Crippen molar-refractivity contribution in [2.24, 2.45) is 0 Å². The van der Waals surface area contributed by atoms with Crippen molar-refractivity contribution in [1.82, 2.24) is 0 Å². The van der Waals surface area contributed by atoms with Gasteiger partial charge in [-0.3, -0.25) is 0 Å². The Kier molecular flexibility index (Phi) is 25.5. The molecule has 0 atom stereocenters. The van der Waals surface area contributed by atoms with E-state index >= 15 is 0 Å². The van der Waals surface area contributed by atoms with Gasteiger partial charge >= 0.3 is 11.9 Å². The summed E-state index contributed by atoms with van der Waals surface area (Å²) in [6.07, 6.45) is 37.1. The zero-order valence-corrected chi connectivity index (χ0v) is 30.3. The highest BCUT2D eigenvalue weighted by Gasteiger charge is 2.12. The zero-order valence-electron chi connectivity index (χ0n) is 34.3. The van der Waals surface area contributed by atoms with Crippen molar-refractivity contribution in [2.45, 2.75) is 206 Å². The minimum absolute atomic E-state index is 0.158. The topological polar surface area (TPSA) is 52.6 Å². The Morgan fingerprint density at radius 2 is 0.674 bits per heavy atom. The molecule has 0 amide bonds. The number of hydrogen-bond donors (Lipinski definition) is 0. The van der Waals surface area contributed by atoms with E-state index in [0.717, 1.165) is 38.5 Å². The van der Waals surface area contributed by atoms with Gasteiger partial charge in [-0.2, -0.15) is 0 Å². The van der Waals surface area contributed by atoms with Gasteiger partial charge in [0.25, 0.3) is 0 Å². The molecule has 1 aromatic rings. The first-order valence-corrected chi connectivity index (χ1v) is 19.8. The van der Waals surface area contributed by atoms with Crippen LogP contribution in [0, 0.1) is 0 Å². The summed E-state index contributed by atoms with van der Waals surface area (Å²) in [7, 11) is 0. The monoisotopic (exact) mass is 647 g/mol. The van der Waals surface area contributed by atoms with E-state index in [2.05, 4.69) is 13.8 Å². The highest BCUT2D eigenvalue weighted by atomic mass is 16.5. The number of carbonyl (C=O) groups excluding carboxylic acids is 2.